The standard InChI is InChI=1S/C17H29NO/c1-16(2,3)14-9-6-7-10-15(14)19-12-8-11-17(4,5)13-18/h6-7,9-10H,8,11-13,18H2,1-5H3. The number of hydrogen-bond donors (Lipinski definition) is 1. The van der Waals surface area contributed by atoms with Crippen molar-refractivity contribution in [3.8, 4) is 5.75 Å². The second-order valence-electron chi connectivity index (χ2n) is 7.07. The first-order chi connectivity index (χ1) is 8.76. The Balaban J connectivity index is 2.55. The van der Waals surface area contributed by atoms with Crippen molar-refractivity contribution in [1.82, 2.24) is 0 Å². The molecule has 1 rings (SSSR count). The zero-order valence-electron chi connectivity index (χ0n) is 13.1. The Hall–Kier alpha value is -1.02. The molecule has 0 aromatic heterocycles. The van der Waals surface area contributed by atoms with Crippen LogP contribution in [-0.2, 0) is 5.41 Å². The number of hydrogen-bond acceptors (Lipinski definition) is 2. The van der Waals surface area contributed by atoms with E-state index in [0.717, 1.165) is 31.7 Å². The molecular weight excluding hydrogens is 234 g/mol. The topological polar surface area (TPSA) is 35.2 Å². The second kappa shape index (κ2) is 6.42. The van der Waals surface area contributed by atoms with E-state index in [-0.39, 0.29) is 10.8 Å². The van der Waals surface area contributed by atoms with Crippen molar-refractivity contribution in [1.29, 1.82) is 0 Å². The lowest BCUT2D eigenvalue weighted by atomic mass is 9.86. The monoisotopic (exact) mass is 263 g/mol. The molecule has 0 fully saturated rings. The minimum atomic E-state index is 0.118. The Bertz CT molecular complexity index is 390. The average Bonchev–Trinajstić information content (AvgIpc) is 2.34. The summed E-state index contributed by atoms with van der Waals surface area (Å²) in [5.41, 5.74) is 7.34. The minimum absolute atomic E-state index is 0.118. The molecule has 0 unspecified atom stereocenters. The van der Waals surface area contributed by atoms with Gasteiger partial charge in [0.2, 0.25) is 0 Å². The van der Waals surface area contributed by atoms with Crippen LogP contribution in [0.25, 0.3) is 0 Å². The van der Waals surface area contributed by atoms with Gasteiger partial charge in [-0.3, -0.25) is 0 Å². The van der Waals surface area contributed by atoms with Crippen molar-refractivity contribution in [2.24, 2.45) is 11.1 Å². The molecule has 0 saturated heterocycles. The fraction of sp³-hybridized carbons (Fsp3) is 0.647. The summed E-state index contributed by atoms with van der Waals surface area (Å²) in [5.74, 6) is 1.01. The van der Waals surface area contributed by atoms with Crippen molar-refractivity contribution in [3.63, 3.8) is 0 Å². The Labute approximate surface area is 118 Å². The summed E-state index contributed by atoms with van der Waals surface area (Å²) in [4.78, 5) is 0. The molecular formula is C17H29NO. The second-order valence-corrected chi connectivity index (χ2v) is 7.07. The zero-order valence-corrected chi connectivity index (χ0v) is 13.1. The van der Waals surface area contributed by atoms with Crippen LogP contribution in [-0.4, -0.2) is 13.2 Å². The van der Waals surface area contributed by atoms with Crippen LogP contribution >= 0.6 is 0 Å². The van der Waals surface area contributed by atoms with E-state index < -0.39 is 0 Å². The summed E-state index contributed by atoms with van der Waals surface area (Å²) >= 11 is 0. The number of nitrogens with two attached hydrogens (primary N) is 1. The van der Waals surface area contributed by atoms with E-state index >= 15 is 0 Å². The Kier molecular flexibility index (Phi) is 5.42. The van der Waals surface area contributed by atoms with Crippen LogP contribution in [0, 0.1) is 5.41 Å². The SMILES string of the molecule is CC(C)(CN)CCCOc1ccccc1C(C)(C)C. The fourth-order valence-electron chi connectivity index (χ4n) is 2.05. The minimum Gasteiger partial charge on any atom is -0.493 e. The van der Waals surface area contributed by atoms with Gasteiger partial charge in [0.1, 0.15) is 5.75 Å². The molecule has 0 heterocycles. The fourth-order valence-corrected chi connectivity index (χ4v) is 2.05. The maximum absolute atomic E-state index is 5.96. The van der Waals surface area contributed by atoms with Gasteiger partial charge in [0.15, 0.2) is 0 Å². The van der Waals surface area contributed by atoms with Crippen molar-refractivity contribution >= 4 is 0 Å². The van der Waals surface area contributed by atoms with E-state index in [9.17, 15) is 0 Å². The normalized spacial score (nSPS) is 12.5. The summed E-state index contributed by atoms with van der Waals surface area (Å²) < 4.78 is 5.96. The molecule has 2 N–H and O–H groups in total. The van der Waals surface area contributed by atoms with Gasteiger partial charge in [0.25, 0.3) is 0 Å². The summed E-state index contributed by atoms with van der Waals surface area (Å²) in [6.45, 7) is 12.5. The number of para-hydroxylation sites is 1. The zero-order chi connectivity index (χ0) is 14.5. The maximum Gasteiger partial charge on any atom is 0.123 e. The Morgan fingerprint density at radius 3 is 2.26 bits per heavy atom. The van der Waals surface area contributed by atoms with Gasteiger partial charge in [-0.2, -0.15) is 0 Å². The molecule has 19 heavy (non-hydrogen) atoms. The molecule has 0 spiro atoms. The van der Waals surface area contributed by atoms with Gasteiger partial charge >= 0.3 is 0 Å². The molecule has 2 nitrogen and oxygen atoms in total. The van der Waals surface area contributed by atoms with Crippen LogP contribution in [0.2, 0.25) is 0 Å². The third-order valence-electron chi connectivity index (χ3n) is 3.50. The molecule has 0 saturated carbocycles. The smallest absolute Gasteiger partial charge is 0.123 e. The predicted molar refractivity (Wildman–Crippen MR) is 82.7 cm³/mol. The van der Waals surface area contributed by atoms with E-state index in [1.165, 1.54) is 5.56 Å². The van der Waals surface area contributed by atoms with Crippen LogP contribution in [0.5, 0.6) is 5.75 Å². The van der Waals surface area contributed by atoms with Gasteiger partial charge in [-0.15, -0.1) is 0 Å². The lowest BCUT2D eigenvalue weighted by Gasteiger charge is -2.24. The molecule has 0 aliphatic heterocycles. The highest BCUT2D eigenvalue weighted by Crippen LogP contribution is 2.31. The lowest BCUT2D eigenvalue weighted by molar-refractivity contribution is 0.257. The van der Waals surface area contributed by atoms with Gasteiger partial charge < -0.3 is 10.5 Å². The molecule has 0 amide bonds. The molecule has 1 aromatic rings. The lowest BCUT2D eigenvalue weighted by Crippen LogP contribution is -2.24. The largest absolute Gasteiger partial charge is 0.493 e. The molecule has 0 aliphatic rings. The third kappa shape index (κ3) is 5.23. The highest BCUT2D eigenvalue weighted by molar-refractivity contribution is 5.38. The summed E-state index contributed by atoms with van der Waals surface area (Å²) in [5, 5.41) is 0. The van der Waals surface area contributed by atoms with Crippen LogP contribution in [0.3, 0.4) is 0 Å². The quantitative estimate of drug-likeness (QED) is 0.783. The molecule has 0 radical (unpaired) electrons. The Morgan fingerprint density at radius 2 is 1.68 bits per heavy atom. The number of rotatable bonds is 6. The van der Waals surface area contributed by atoms with E-state index in [4.69, 9.17) is 10.5 Å². The average molecular weight is 263 g/mol. The van der Waals surface area contributed by atoms with Crippen molar-refractivity contribution in [2.75, 3.05) is 13.2 Å². The number of ether oxygens (including phenoxy) is 1. The molecule has 0 aliphatic carbocycles. The summed E-state index contributed by atoms with van der Waals surface area (Å²) in [7, 11) is 0. The summed E-state index contributed by atoms with van der Waals surface area (Å²) in [6, 6.07) is 8.33. The summed E-state index contributed by atoms with van der Waals surface area (Å²) in [6.07, 6.45) is 2.14. The molecule has 2 heteroatoms. The predicted octanol–water partition coefficient (Wildman–Crippen LogP) is 4.13. The van der Waals surface area contributed by atoms with Crippen molar-refractivity contribution in [2.45, 2.75) is 52.9 Å². The molecule has 108 valence electrons. The van der Waals surface area contributed by atoms with E-state index in [2.05, 4.69) is 52.8 Å². The number of benzene rings is 1. The first-order valence-electron chi connectivity index (χ1n) is 7.19. The molecule has 0 atom stereocenters. The van der Waals surface area contributed by atoms with Crippen LogP contribution in [0.4, 0.5) is 0 Å². The van der Waals surface area contributed by atoms with Crippen LogP contribution in [0.1, 0.15) is 53.0 Å². The van der Waals surface area contributed by atoms with Crippen molar-refractivity contribution < 1.29 is 4.74 Å². The maximum atomic E-state index is 5.96. The highest BCUT2D eigenvalue weighted by atomic mass is 16.5. The van der Waals surface area contributed by atoms with E-state index in [1.807, 2.05) is 6.07 Å². The Morgan fingerprint density at radius 1 is 1.05 bits per heavy atom. The highest BCUT2D eigenvalue weighted by Gasteiger charge is 2.19. The van der Waals surface area contributed by atoms with Gasteiger partial charge in [-0.1, -0.05) is 52.8 Å². The molecule has 1 aromatic carbocycles. The first-order valence-corrected chi connectivity index (χ1v) is 7.19. The van der Waals surface area contributed by atoms with Crippen molar-refractivity contribution in [3.05, 3.63) is 29.8 Å². The van der Waals surface area contributed by atoms with E-state index in [1.54, 1.807) is 0 Å². The van der Waals surface area contributed by atoms with E-state index in [0.29, 0.717) is 0 Å². The van der Waals surface area contributed by atoms with Gasteiger partial charge in [0.05, 0.1) is 6.61 Å². The van der Waals surface area contributed by atoms with Gasteiger partial charge in [-0.25, -0.2) is 0 Å². The first kappa shape index (κ1) is 16.0. The van der Waals surface area contributed by atoms with Crippen LogP contribution < -0.4 is 10.5 Å². The third-order valence-corrected chi connectivity index (χ3v) is 3.50. The van der Waals surface area contributed by atoms with Gasteiger partial charge in [0, 0.05) is 0 Å². The van der Waals surface area contributed by atoms with Crippen LogP contribution in [0.15, 0.2) is 24.3 Å². The molecule has 0 bridgehead atoms. The van der Waals surface area contributed by atoms with Gasteiger partial charge in [-0.05, 0) is 41.8 Å².